The monoisotopic (exact) mass is 255 g/mol. The van der Waals surface area contributed by atoms with Gasteiger partial charge in [0.1, 0.15) is 0 Å². The molecule has 1 saturated carbocycles. The second-order valence-corrected chi connectivity index (χ2v) is 5.50. The van der Waals surface area contributed by atoms with Crippen molar-refractivity contribution in [3.05, 3.63) is 0 Å². The summed E-state index contributed by atoms with van der Waals surface area (Å²) < 4.78 is 5.66. The fraction of sp³-hybridized carbons (Fsp3) is 0.846. The lowest BCUT2D eigenvalue weighted by molar-refractivity contribution is -0.212. The predicted molar refractivity (Wildman–Crippen MR) is 65.1 cm³/mol. The summed E-state index contributed by atoms with van der Waals surface area (Å²) in [7, 11) is 1.71. The van der Waals surface area contributed by atoms with Crippen molar-refractivity contribution in [3.8, 4) is 0 Å². The van der Waals surface area contributed by atoms with E-state index in [-0.39, 0.29) is 12.1 Å². The van der Waals surface area contributed by atoms with Crippen LogP contribution in [0.25, 0.3) is 0 Å². The largest absolute Gasteiger partial charge is 0.479 e. The van der Waals surface area contributed by atoms with Crippen LogP contribution in [0.4, 0.5) is 0 Å². The van der Waals surface area contributed by atoms with E-state index < -0.39 is 17.5 Å². The summed E-state index contributed by atoms with van der Waals surface area (Å²) in [6.07, 6.45) is 3.81. The summed E-state index contributed by atoms with van der Waals surface area (Å²) in [5.41, 5.74) is -1.72. The quantitative estimate of drug-likeness (QED) is 0.754. The van der Waals surface area contributed by atoms with Gasteiger partial charge in [0, 0.05) is 7.05 Å². The molecule has 0 spiro atoms. The molecule has 0 radical (unpaired) electrons. The summed E-state index contributed by atoms with van der Waals surface area (Å²) in [5, 5.41) is 9.23. The number of morpholine rings is 1. The number of ether oxygens (including phenoxy) is 1. The maximum Gasteiger partial charge on any atom is 0.345 e. The number of carbonyl (C=O) groups is 2. The second-order valence-electron chi connectivity index (χ2n) is 5.50. The standard InChI is InChI=1S/C13H21NO4/c1-4-8-6-5-7-9-10(8)14(3)11(15)13(2,18-9)12(16)17/h8-10H,4-7H2,1-3H3,(H,16,17). The fourth-order valence-electron chi connectivity index (χ4n) is 3.33. The first-order valence-corrected chi connectivity index (χ1v) is 6.60. The van der Waals surface area contributed by atoms with Crippen molar-refractivity contribution >= 4 is 11.9 Å². The highest BCUT2D eigenvalue weighted by Crippen LogP contribution is 2.38. The van der Waals surface area contributed by atoms with Crippen LogP contribution in [0.15, 0.2) is 0 Å². The number of amides is 1. The molecule has 5 nitrogen and oxygen atoms in total. The van der Waals surface area contributed by atoms with Crippen LogP contribution in [-0.4, -0.2) is 46.7 Å². The third-order valence-electron chi connectivity index (χ3n) is 4.42. The third kappa shape index (κ3) is 1.81. The summed E-state index contributed by atoms with van der Waals surface area (Å²) in [6.45, 7) is 3.47. The van der Waals surface area contributed by atoms with Gasteiger partial charge in [-0.2, -0.15) is 0 Å². The number of fused-ring (bicyclic) bond motifs is 1. The first kappa shape index (κ1) is 13.3. The number of hydrogen-bond acceptors (Lipinski definition) is 3. The Balaban J connectivity index is 2.30. The zero-order chi connectivity index (χ0) is 13.5. The van der Waals surface area contributed by atoms with Gasteiger partial charge in [-0.1, -0.05) is 19.8 Å². The van der Waals surface area contributed by atoms with Crippen molar-refractivity contribution in [2.45, 2.75) is 57.3 Å². The average molecular weight is 255 g/mol. The van der Waals surface area contributed by atoms with Gasteiger partial charge in [0.15, 0.2) is 0 Å². The van der Waals surface area contributed by atoms with Crippen molar-refractivity contribution in [1.82, 2.24) is 4.90 Å². The molecule has 102 valence electrons. The van der Waals surface area contributed by atoms with Crippen molar-refractivity contribution in [3.63, 3.8) is 0 Å². The van der Waals surface area contributed by atoms with Gasteiger partial charge in [-0.05, 0) is 25.7 Å². The van der Waals surface area contributed by atoms with Crippen LogP contribution in [0.5, 0.6) is 0 Å². The van der Waals surface area contributed by atoms with Gasteiger partial charge in [0.05, 0.1) is 12.1 Å². The van der Waals surface area contributed by atoms with Crippen molar-refractivity contribution in [2.24, 2.45) is 5.92 Å². The molecule has 5 heteroatoms. The van der Waals surface area contributed by atoms with E-state index in [2.05, 4.69) is 6.92 Å². The molecule has 1 aliphatic heterocycles. The molecular weight excluding hydrogens is 234 g/mol. The smallest absolute Gasteiger partial charge is 0.345 e. The van der Waals surface area contributed by atoms with Crippen LogP contribution in [0, 0.1) is 5.92 Å². The highest BCUT2D eigenvalue weighted by atomic mass is 16.5. The molecule has 0 aromatic heterocycles. The molecule has 2 fully saturated rings. The lowest BCUT2D eigenvalue weighted by Gasteiger charge is -2.50. The summed E-state index contributed by atoms with van der Waals surface area (Å²) in [5.74, 6) is -1.22. The van der Waals surface area contributed by atoms with Crippen molar-refractivity contribution in [1.29, 1.82) is 0 Å². The maximum absolute atomic E-state index is 12.2. The first-order valence-electron chi connectivity index (χ1n) is 6.60. The number of aliphatic carboxylic acids is 1. The minimum Gasteiger partial charge on any atom is -0.479 e. The molecule has 18 heavy (non-hydrogen) atoms. The van der Waals surface area contributed by atoms with Crippen LogP contribution < -0.4 is 0 Å². The molecule has 0 aromatic rings. The summed E-state index contributed by atoms with van der Waals surface area (Å²) in [4.78, 5) is 25.1. The van der Waals surface area contributed by atoms with Gasteiger partial charge in [-0.15, -0.1) is 0 Å². The lowest BCUT2D eigenvalue weighted by Crippen LogP contribution is -2.67. The number of carboxylic acid groups (broad SMARTS) is 1. The number of carboxylic acids is 1. The van der Waals surface area contributed by atoms with E-state index in [1.54, 1.807) is 11.9 Å². The SMILES string of the molecule is CCC1CCCC2OC(C)(C(=O)O)C(=O)N(C)C12. The number of nitrogens with zero attached hydrogens (tertiary/aromatic N) is 1. The molecular formula is C13H21NO4. The topological polar surface area (TPSA) is 66.8 Å². The van der Waals surface area contributed by atoms with Crippen LogP contribution in [0.3, 0.4) is 0 Å². The molecule has 1 heterocycles. The zero-order valence-electron chi connectivity index (χ0n) is 11.2. The fourth-order valence-corrected chi connectivity index (χ4v) is 3.33. The molecule has 2 aliphatic rings. The maximum atomic E-state index is 12.2. The Morgan fingerprint density at radius 3 is 2.78 bits per heavy atom. The zero-order valence-corrected chi connectivity index (χ0v) is 11.2. The number of carbonyl (C=O) groups excluding carboxylic acids is 1. The normalized spacial score (nSPS) is 40.5. The lowest BCUT2D eigenvalue weighted by atomic mass is 9.78. The molecule has 1 saturated heterocycles. The van der Waals surface area contributed by atoms with E-state index in [1.165, 1.54) is 6.92 Å². The average Bonchev–Trinajstić information content (AvgIpc) is 2.35. The Kier molecular flexibility index (Phi) is 3.36. The van der Waals surface area contributed by atoms with Crippen LogP contribution in [0.2, 0.25) is 0 Å². The van der Waals surface area contributed by atoms with Crippen molar-refractivity contribution < 1.29 is 19.4 Å². The van der Waals surface area contributed by atoms with E-state index in [4.69, 9.17) is 4.74 Å². The molecule has 0 aromatic carbocycles. The molecule has 4 atom stereocenters. The minimum atomic E-state index is -1.72. The predicted octanol–water partition coefficient (Wildman–Crippen LogP) is 1.27. The highest BCUT2D eigenvalue weighted by molar-refractivity contribution is 6.05. The van der Waals surface area contributed by atoms with Crippen molar-refractivity contribution in [2.75, 3.05) is 7.05 Å². The Bertz CT molecular complexity index is 370. The minimum absolute atomic E-state index is 0.0312. The first-order chi connectivity index (χ1) is 8.41. The molecule has 1 N–H and O–H groups in total. The van der Waals surface area contributed by atoms with Gasteiger partial charge >= 0.3 is 5.97 Å². The molecule has 0 bridgehead atoms. The number of likely N-dealkylation sites (N-methyl/N-ethyl adjacent to an activating group) is 1. The van der Waals surface area contributed by atoms with E-state index in [1.807, 2.05) is 0 Å². The van der Waals surface area contributed by atoms with Crippen LogP contribution in [-0.2, 0) is 14.3 Å². The van der Waals surface area contributed by atoms with Gasteiger partial charge in [-0.25, -0.2) is 4.79 Å². The van der Waals surface area contributed by atoms with E-state index in [0.29, 0.717) is 5.92 Å². The Labute approximate surface area is 107 Å². The number of hydrogen-bond donors (Lipinski definition) is 1. The highest BCUT2D eigenvalue weighted by Gasteiger charge is 2.55. The van der Waals surface area contributed by atoms with Crippen LogP contribution >= 0.6 is 0 Å². The Hall–Kier alpha value is -1.10. The van der Waals surface area contributed by atoms with E-state index in [0.717, 1.165) is 25.7 Å². The summed E-state index contributed by atoms with van der Waals surface area (Å²) in [6, 6.07) is 0.0312. The molecule has 1 amide bonds. The number of rotatable bonds is 2. The van der Waals surface area contributed by atoms with Gasteiger partial charge < -0.3 is 14.7 Å². The van der Waals surface area contributed by atoms with Gasteiger partial charge in [0.2, 0.25) is 5.60 Å². The molecule has 4 unspecified atom stereocenters. The molecule has 2 rings (SSSR count). The van der Waals surface area contributed by atoms with E-state index >= 15 is 0 Å². The van der Waals surface area contributed by atoms with E-state index in [9.17, 15) is 14.7 Å². The van der Waals surface area contributed by atoms with Gasteiger partial charge in [0.25, 0.3) is 5.91 Å². The Morgan fingerprint density at radius 2 is 2.22 bits per heavy atom. The molecule has 1 aliphatic carbocycles. The van der Waals surface area contributed by atoms with Crippen LogP contribution in [0.1, 0.15) is 39.5 Å². The van der Waals surface area contributed by atoms with Gasteiger partial charge in [-0.3, -0.25) is 4.79 Å². The second kappa shape index (κ2) is 4.53. The third-order valence-corrected chi connectivity index (χ3v) is 4.42. The Morgan fingerprint density at radius 1 is 1.56 bits per heavy atom. The summed E-state index contributed by atoms with van der Waals surface area (Å²) >= 11 is 0.